The Hall–Kier alpha value is -1.35. The number of hydrogen-bond acceptors (Lipinski definition) is 4. The monoisotopic (exact) mass is 379 g/mol. The molecule has 0 bridgehead atoms. The molecule has 0 N–H and O–H groups in total. The van der Waals surface area contributed by atoms with E-state index >= 15 is 0 Å². The number of imidazole rings is 1. The van der Waals surface area contributed by atoms with Crippen LogP contribution in [0.1, 0.15) is 24.5 Å². The Balaban J connectivity index is 1.92. The number of alkyl halides is 3. The van der Waals surface area contributed by atoms with Crippen molar-refractivity contribution in [1.82, 2.24) is 14.4 Å². The predicted octanol–water partition coefficient (Wildman–Crippen LogP) is 3.33. The molecule has 1 fully saturated rings. The summed E-state index contributed by atoms with van der Waals surface area (Å²) < 4.78 is 49.1. The molecule has 5 nitrogen and oxygen atoms in total. The molecule has 3 heterocycles. The zero-order valence-electron chi connectivity index (χ0n) is 11.4. The molecule has 3 rings (SSSR count). The highest BCUT2D eigenvalue weighted by Gasteiger charge is 2.29. The molecule has 9 heteroatoms. The van der Waals surface area contributed by atoms with Crippen LogP contribution in [0.2, 0.25) is 0 Å². The van der Waals surface area contributed by atoms with Gasteiger partial charge >= 0.3 is 6.18 Å². The third kappa shape index (κ3) is 3.52. The Kier molecular flexibility index (Phi) is 4.26. The number of halogens is 4. The number of hydrogen-bond donors (Lipinski definition) is 0. The number of nitrogens with zero attached hydrogens (tertiary/aromatic N) is 3. The van der Waals surface area contributed by atoms with Gasteiger partial charge in [-0.3, -0.25) is 4.40 Å². The van der Waals surface area contributed by atoms with E-state index in [0.717, 1.165) is 18.5 Å². The lowest BCUT2D eigenvalue weighted by molar-refractivity contribution is -0.153. The highest BCUT2D eigenvalue weighted by atomic mass is 79.9. The zero-order valence-corrected chi connectivity index (χ0v) is 13.0. The Morgan fingerprint density at radius 3 is 2.68 bits per heavy atom. The fourth-order valence-corrected chi connectivity index (χ4v) is 2.78. The molecule has 0 unspecified atom stereocenters. The zero-order chi connectivity index (χ0) is 15.7. The first kappa shape index (κ1) is 15.5. The minimum absolute atomic E-state index is 0.134. The van der Waals surface area contributed by atoms with Crippen LogP contribution in [0.4, 0.5) is 13.2 Å². The summed E-state index contributed by atoms with van der Waals surface area (Å²) in [5, 5.41) is 0. The summed E-state index contributed by atoms with van der Waals surface area (Å²) in [5.74, 6) is 0.105. The van der Waals surface area contributed by atoms with E-state index in [0.29, 0.717) is 17.8 Å². The van der Waals surface area contributed by atoms with Crippen molar-refractivity contribution in [2.45, 2.75) is 24.9 Å². The summed E-state index contributed by atoms with van der Waals surface area (Å²) in [5.41, 5.74) is 1.11. The molecular formula is C13H13BrF3N3O2. The van der Waals surface area contributed by atoms with Gasteiger partial charge in [-0.1, -0.05) is 0 Å². The first-order valence-corrected chi connectivity index (χ1v) is 7.54. The van der Waals surface area contributed by atoms with Gasteiger partial charge < -0.3 is 9.47 Å². The summed E-state index contributed by atoms with van der Waals surface area (Å²) in [6.45, 7) is -0.0681. The minimum atomic E-state index is -4.42. The van der Waals surface area contributed by atoms with Crippen molar-refractivity contribution in [2.75, 3.05) is 19.8 Å². The van der Waals surface area contributed by atoms with Crippen LogP contribution in [0.15, 0.2) is 17.0 Å². The van der Waals surface area contributed by atoms with Crippen LogP contribution in [-0.2, 0) is 4.74 Å². The standard InChI is InChI=1S/C13H13BrF3N3O2/c14-10-6-20-5-9(8-1-3-21-4-2-8)18-11(20)12(19-10)22-7-13(15,16)17/h5-6,8H,1-4,7H2. The second-order valence-electron chi connectivity index (χ2n) is 5.06. The molecular weight excluding hydrogens is 367 g/mol. The Bertz CT molecular complexity index is 668. The SMILES string of the molecule is FC(F)(F)COc1nc(Br)cn2cc(C3CCOCC3)nc12. The van der Waals surface area contributed by atoms with Crippen LogP contribution < -0.4 is 4.74 Å². The van der Waals surface area contributed by atoms with Crippen molar-refractivity contribution in [1.29, 1.82) is 0 Å². The molecule has 2 aromatic rings. The van der Waals surface area contributed by atoms with E-state index in [1.54, 1.807) is 16.8 Å². The Morgan fingerprint density at radius 2 is 2.00 bits per heavy atom. The second-order valence-corrected chi connectivity index (χ2v) is 5.87. The quantitative estimate of drug-likeness (QED) is 0.820. The lowest BCUT2D eigenvalue weighted by atomic mass is 9.97. The van der Waals surface area contributed by atoms with Gasteiger partial charge in [-0.05, 0) is 28.8 Å². The van der Waals surface area contributed by atoms with Crippen LogP contribution in [0.3, 0.4) is 0 Å². The molecule has 1 aliphatic rings. The largest absolute Gasteiger partial charge is 0.465 e. The van der Waals surface area contributed by atoms with Gasteiger partial charge in [-0.2, -0.15) is 13.2 Å². The maximum Gasteiger partial charge on any atom is 0.422 e. The molecule has 0 aliphatic carbocycles. The molecule has 1 saturated heterocycles. The lowest BCUT2D eigenvalue weighted by Gasteiger charge is -2.19. The molecule has 0 radical (unpaired) electrons. The topological polar surface area (TPSA) is 48.7 Å². The molecule has 0 amide bonds. The van der Waals surface area contributed by atoms with Crippen LogP contribution in [0, 0.1) is 0 Å². The predicted molar refractivity (Wildman–Crippen MR) is 75.0 cm³/mol. The van der Waals surface area contributed by atoms with Crippen molar-refractivity contribution in [3.8, 4) is 5.88 Å². The van der Waals surface area contributed by atoms with E-state index in [2.05, 4.69) is 25.9 Å². The molecule has 1 aliphatic heterocycles. The van der Waals surface area contributed by atoms with E-state index in [1.165, 1.54) is 0 Å². The maximum absolute atomic E-state index is 12.3. The highest BCUT2D eigenvalue weighted by Crippen LogP contribution is 2.29. The van der Waals surface area contributed by atoms with Crippen molar-refractivity contribution >= 4 is 21.6 Å². The molecule has 120 valence electrons. The van der Waals surface area contributed by atoms with Gasteiger partial charge in [0, 0.05) is 31.5 Å². The third-order valence-electron chi connectivity index (χ3n) is 3.41. The molecule has 0 aromatic carbocycles. The number of aromatic nitrogens is 3. The summed E-state index contributed by atoms with van der Waals surface area (Å²) >= 11 is 3.17. The van der Waals surface area contributed by atoms with Gasteiger partial charge in [0.05, 0.1) is 5.69 Å². The first-order valence-electron chi connectivity index (χ1n) is 6.75. The summed E-state index contributed by atoms with van der Waals surface area (Å²) in [7, 11) is 0. The van der Waals surface area contributed by atoms with Crippen LogP contribution >= 0.6 is 15.9 Å². The van der Waals surface area contributed by atoms with Gasteiger partial charge in [0.1, 0.15) is 4.60 Å². The van der Waals surface area contributed by atoms with Gasteiger partial charge in [-0.15, -0.1) is 0 Å². The van der Waals surface area contributed by atoms with Gasteiger partial charge in [0.2, 0.25) is 5.65 Å². The van der Waals surface area contributed by atoms with E-state index in [4.69, 9.17) is 9.47 Å². The van der Waals surface area contributed by atoms with E-state index < -0.39 is 12.8 Å². The Morgan fingerprint density at radius 1 is 1.27 bits per heavy atom. The van der Waals surface area contributed by atoms with Crippen molar-refractivity contribution in [3.63, 3.8) is 0 Å². The molecule has 2 aromatic heterocycles. The van der Waals surface area contributed by atoms with Gasteiger partial charge in [-0.25, -0.2) is 9.97 Å². The van der Waals surface area contributed by atoms with Crippen LogP contribution in [0.5, 0.6) is 5.88 Å². The van der Waals surface area contributed by atoms with Crippen molar-refractivity contribution < 1.29 is 22.6 Å². The van der Waals surface area contributed by atoms with Gasteiger partial charge in [0.25, 0.3) is 5.88 Å². The number of fused-ring (bicyclic) bond motifs is 1. The summed E-state index contributed by atoms with van der Waals surface area (Å²) in [6.07, 6.45) is 0.718. The summed E-state index contributed by atoms with van der Waals surface area (Å²) in [4.78, 5) is 8.36. The van der Waals surface area contributed by atoms with Crippen molar-refractivity contribution in [3.05, 3.63) is 22.7 Å². The molecule has 0 spiro atoms. The van der Waals surface area contributed by atoms with Crippen molar-refractivity contribution in [2.24, 2.45) is 0 Å². The normalized spacial score (nSPS) is 17.1. The summed E-state index contributed by atoms with van der Waals surface area (Å²) in [6, 6.07) is 0. The van der Waals surface area contributed by atoms with E-state index in [-0.39, 0.29) is 17.4 Å². The van der Waals surface area contributed by atoms with Crippen LogP contribution in [0.25, 0.3) is 5.65 Å². The smallest absolute Gasteiger partial charge is 0.422 e. The Labute approximate surface area is 132 Å². The highest BCUT2D eigenvalue weighted by molar-refractivity contribution is 9.10. The van der Waals surface area contributed by atoms with Gasteiger partial charge in [0.15, 0.2) is 6.61 Å². The molecule has 0 atom stereocenters. The fraction of sp³-hybridized carbons (Fsp3) is 0.538. The average Bonchev–Trinajstić information content (AvgIpc) is 2.88. The average molecular weight is 380 g/mol. The molecule has 22 heavy (non-hydrogen) atoms. The van der Waals surface area contributed by atoms with E-state index in [1.807, 2.05) is 0 Å². The second kappa shape index (κ2) is 6.04. The maximum atomic E-state index is 12.3. The number of rotatable bonds is 3. The van der Waals surface area contributed by atoms with Crippen LogP contribution in [-0.4, -0.2) is 40.4 Å². The molecule has 0 saturated carbocycles. The minimum Gasteiger partial charge on any atom is -0.465 e. The fourth-order valence-electron chi connectivity index (χ4n) is 2.40. The first-order chi connectivity index (χ1) is 10.4. The third-order valence-corrected chi connectivity index (χ3v) is 3.79. The lowest BCUT2D eigenvalue weighted by Crippen LogP contribution is -2.20. The number of ether oxygens (including phenoxy) is 2. The van der Waals surface area contributed by atoms with E-state index in [9.17, 15) is 13.2 Å².